The molecule has 10 heteroatoms. The Labute approximate surface area is 268 Å². The normalized spacial score (nSPS) is 11.8. The minimum atomic E-state index is -0.562. The molecule has 1 aromatic heterocycles. The second-order valence-electron chi connectivity index (χ2n) is 9.82. The molecule has 0 aliphatic carbocycles. The van der Waals surface area contributed by atoms with Gasteiger partial charge in [0.25, 0.3) is 11.8 Å². The van der Waals surface area contributed by atoms with Gasteiger partial charge in [0, 0.05) is 27.1 Å². The lowest BCUT2D eigenvalue weighted by atomic mass is 10.1. The van der Waals surface area contributed by atoms with E-state index in [9.17, 15) is 18.8 Å². The lowest BCUT2D eigenvalue weighted by molar-refractivity contribution is -0.116. The van der Waals surface area contributed by atoms with E-state index in [4.69, 9.17) is 0 Å². The van der Waals surface area contributed by atoms with E-state index in [1.54, 1.807) is 48.5 Å². The molecule has 0 spiro atoms. The molecule has 226 valence electrons. The van der Waals surface area contributed by atoms with Gasteiger partial charge in [-0.05, 0) is 60.5 Å². The SMILES string of the molecule is CCC(Sc1cccc(NC(=O)/C(=C/c2ccc(F)cc2)NC(=O)c2ccccc2)c1)C(=O)Nc1nc(-c2ccccc2)cs1. The average molecular weight is 637 g/mol. The molecule has 4 aromatic carbocycles. The summed E-state index contributed by atoms with van der Waals surface area (Å²) in [4.78, 5) is 44.8. The van der Waals surface area contributed by atoms with E-state index in [2.05, 4.69) is 20.9 Å². The molecule has 0 bridgehead atoms. The van der Waals surface area contributed by atoms with Crippen molar-refractivity contribution in [2.75, 3.05) is 10.6 Å². The van der Waals surface area contributed by atoms with E-state index >= 15 is 0 Å². The third-order valence-corrected chi connectivity index (χ3v) is 8.66. The molecule has 0 fully saturated rings. The van der Waals surface area contributed by atoms with Crippen LogP contribution >= 0.6 is 23.1 Å². The average Bonchev–Trinajstić information content (AvgIpc) is 3.53. The number of benzene rings is 4. The smallest absolute Gasteiger partial charge is 0.272 e. The van der Waals surface area contributed by atoms with Crippen molar-refractivity contribution in [3.05, 3.63) is 137 Å². The highest BCUT2D eigenvalue weighted by Gasteiger charge is 2.20. The van der Waals surface area contributed by atoms with Crippen LogP contribution < -0.4 is 16.0 Å². The maximum Gasteiger partial charge on any atom is 0.272 e. The lowest BCUT2D eigenvalue weighted by Crippen LogP contribution is -2.30. The first-order valence-electron chi connectivity index (χ1n) is 14.1. The zero-order valence-electron chi connectivity index (χ0n) is 24.2. The Morgan fingerprint density at radius 3 is 2.31 bits per heavy atom. The Bertz CT molecular complexity index is 1810. The fourth-order valence-electron chi connectivity index (χ4n) is 4.26. The Morgan fingerprint density at radius 1 is 0.889 bits per heavy atom. The third-order valence-electron chi connectivity index (χ3n) is 6.55. The molecule has 1 unspecified atom stereocenters. The van der Waals surface area contributed by atoms with Gasteiger partial charge in [-0.2, -0.15) is 0 Å². The highest BCUT2D eigenvalue weighted by molar-refractivity contribution is 8.00. The lowest BCUT2D eigenvalue weighted by Gasteiger charge is -2.15. The first-order chi connectivity index (χ1) is 21.9. The molecule has 7 nitrogen and oxygen atoms in total. The summed E-state index contributed by atoms with van der Waals surface area (Å²) in [5, 5.41) is 10.5. The number of anilines is 2. The van der Waals surface area contributed by atoms with Crippen molar-refractivity contribution in [2.24, 2.45) is 0 Å². The van der Waals surface area contributed by atoms with Crippen molar-refractivity contribution >= 4 is 57.7 Å². The number of hydrogen-bond donors (Lipinski definition) is 3. The van der Waals surface area contributed by atoms with Crippen molar-refractivity contribution in [3.8, 4) is 11.3 Å². The highest BCUT2D eigenvalue weighted by atomic mass is 32.2. The summed E-state index contributed by atoms with van der Waals surface area (Å²) in [7, 11) is 0. The molecule has 0 aliphatic rings. The number of carbonyl (C=O) groups is 3. The summed E-state index contributed by atoms with van der Waals surface area (Å²) in [6, 6.07) is 31.0. The molecule has 1 atom stereocenters. The standard InChI is InChI=1S/C35H29FN4O3S2/c1-2-31(34(43)40-35-39-30(22-44-35)24-10-5-3-6-11-24)45-28-15-9-14-27(21-28)37-33(42)29(20-23-16-18-26(36)19-17-23)38-32(41)25-12-7-4-8-13-25/h3-22,31H,2H2,1H3,(H,37,42)(H,38,41)(H,39,40,43)/b29-20-. The number of thiazole rings is 1. The minimum Gasteiger partial charge on any atom is -0.321 e. The predicted molar refractivity (Wildman–Crippen MR) is 179 cm³/mol. The van der Waals surface area contributed by atoms with Crippen molar-refractivity contribution in [1.82, 2.24) is 10.3 Å². The number of amides is 3. The molecule has 5 rings (SSSR count). The molecule has 0 radical (unpaired) electrons. The predicted octanol–water partition coefficient (Wildman–Crippen LogP) is 7.87. The quantitative estimate of drug-likeness (QED) is 0.101. The van der Waals surface area contributed by atoms with Gasteiger partial charge >= 0.3 is 0 Å². The first-order valence-corrected chi connectivity index (χ1v) is 15.9. The second-order valence-corrected chi connectivity index (χ2v) is 12.0. The van der Waals surface area contributed by atoms with Crippen LogP contribution in [0.2, 0.25) is 0 Å². The Morgan fingerprint density at radius 2 is 1.60 bits per heavy atom. The number of rotatable bonds is 11. The minimum absolute atomic E-state index is 0.0161. The molecule has 5 aromatic rings. The fraction of sp³-hybridized carbons (Fsp3) is 0.0857. The van der Waals surface area contributed by atoms with Crippen LogP contribution in [0.25, 0.3) is 17.3 Å². The zero-order chi connectivity index (χ0) is 31.6. The van der Waals surface area contributed by atoms with Crippen LogP contribution in [0.15, 0.2) is 125 Å². The number of nitrogens with zero attached hydrogens (tertiary/aromatic N) is 1. The van der Waals surface area contributed by atoms with E-state index in [-0.39, 0.29) is 11.6 Å². The summed E-state index contributed by atoms with van der Waals surface area (Å²) in [6.45, 7) is 1.93. The highest BCUT2D eigenvalue weighted by Crippen LogP contribution is 2.30. The number of thioether (sulfide) groups is 1. The van der Waals surface area contributed by atoms with Gasteiger partial charge in [0.1, 0.15) is 11.5 Å². The molecule has 3 N–H and O–H groups in total. The number of halogens is 1. The molecular formula is C35H29FN4O3S2. The summed E-state index contributed by atoms with van der Waals surface area (Å²) < 4.78 is 13.5. The molecule has 45 heavy (non-hydrogen) atoms. The van der Waals surface area contributed by atoms with E-state index in [0.717, 1.165) is 16.2 Å². The van der Waals surface area contributed by atoms with Crippen LogP contribution in [0.3, 0.4) is 0 Å². The third kappa shape index (κ3) is 8.75. The van der Waals surface area contributed by atoms with Crippen molar-refractivity contribution in [3.63, 3.8) is 0 Å². The van der Waals surface area contributed by atoms with Gasteiger partial charge < -0.3 is 16.0 Å². The van der Waals surface area contributed by atoms with Gasteiger partial charge in [-0.15, -0.1) is 23.1 Å². The van der Waals surface area contributed by atoms with Crippen LogP contribution in [0.4, 0.5) is 15.2 Å². The summed E-state index contributed by atoms with van der Waals surface area (Å²) >= 11 is 2.74. The van der Waals surface area contributed by atoms with Crippen LogP contribution in [0.5, 0.6) is 0 Å². The Kier molecular flexibility index (Phi) is 10.5. The number of hydrogen-bond acceptors (Lipinski definition) is 6. The number of carbonyl (C=O) groups excluding carboxylic acids is 3. The summed E-state index contributed by atoms with van der Waals surface area (Å²) in [5.41, 5.74) is 3.15. The van der Waals surface area contributed by atoms with E-state index in [1.807, 2.05) is 48.7 Å². The molecule has 1 heterocycles. The zero-order valence-corrected chi connectivity index (χ0v) is 25.8. The van der Waals surface area contributed by atoms with Crippen LogP contribution in [0, 0.1) is 5.82 Å². The van der Waals surface area contributed by atoms with Gasteiger partial charge in [0.15, 0.2) is 5.13 Å². The van der Waals surface area contributed by atoms with Gasteiger partial charge in [-0.25, -0.2) is 9.37 Å². The van der Waals surface area contributed by atoms with Crippen molar-refractivity contribution in [1.29, 1.82) is 0 Å². The number of aromatic nitrogens is 1. The first kappa shape index (κ1) is 31.4. The maximum atomic E-state index is 13.5. The molecule has 0 saturated carbocycles. The Hall–Kier alpha value is -5.06. The van der Waals surface area contributed by atoms with Gasteiger partial charge in [0.05, 0.1) is 10.9 Å². The van der Waals surface area contributed by atoms with Gasteiger partial charge in [-0.1, -0.05) is 73.7 Å². The second kappa shape index (κ2) is 15.1. The summed E-state index contributed by atoms with van der Waals surface area (Å²) in [5.74, 6) is -1.60. The molecule has 3 amide bonds. The van der Waals surface area contributed by atoms with Gasteiger partial charge in [-0.3, -0.25) is 14.4 Å². The largest absolute Gasteiger partial charge is 0.321 e. The van der Waals surface area contributed by atoms with E-state index in [0.29, 0.717) is 28.4 Å². The maximum absolute atomic E-state index is 13.5. The number of nitrogens with one attached hydrogen (secondary N) is 3. The van der Waals surface area contributed by atoms with Crippen molar-refractivity contribution in [2.45, 2.75) is 23.5 Å². The van der Waals surface area contributed by atoms with Gasteiger partial charge in [0.2, 0.25) is 5.91 Å². The van der Waals surface area contributed by atoms with Crippen LogP contribution in [-0.4, -0.2) is 28.0 Å². The van der Waals surface area contributed by atoms with Crippen molar-refractivity contribution < 1.29 is 18.8 Å². The van der Waals surface area contributed by atoms with E-state index < -0.39 is 22.9 Å². The molecule has 0 saturated heterocycles. The summed E-state index contributed by atoms with van der Waals surface area (Å²) in [6.07, 6.45) is 2.05. The van der Waals surface area contributed by atoms with Crippen LogP contribution in [0.1, 0.15) is 29.3 Å². The topological polar surface area (TPSA) is 100 Å². The molecule has 0 aliphatic heterocycles. The van der Waals surface area contributed by atoms with E-state index in [1.165, 1.54) is 53.4 Å². The Balaban J connectivity index is 1.27. The fourth-order valence-corrected chi connectivity index (χ4v) is 5.99. The monoisotopic (exact) mass is 636 g/mol. The molecular weight excluding hydrogens is 608 g/mol. The van der Waals surface area contributed by atoms with Crippen LogP contribution in [-0.2, 0) is 9.59 Å².